The van der Waals surface area contributed by atoms with Gasteiger partial charge in [-0.2, -0.15) is 0 Å². The summed E-state index contributed by atoms with van der Waals surface area (Å²) in [6.07, 6.45) is 1.99. The normalized spacial score (nSPS) is 16.0. The molecule has 8 heteroatoms. The number of halogens is 1. The summed E-state index contributed by atoms with van der Waals surface area (Å²) in [6.45, 7) is 6.69. The molecule has 0 aliphatic carbocycles. The lowest BCUT2D eigenvalue weighted by atomic mass is 10.2. The van der Waals surface area contributed by atoms with Gasteiger partial charge in [0.15, 0.2) is 0 Å². The highest BCUT2D eigenvalue weighted by molar-refractivity contribution is 7.92. The minimum atomic E-state index is -3.43. The van der Waals surface area contributed by atoms with E-state index in [1.54, 1.807) is 24.3 Å². The number of carbonyl (C=O) groups is 1. The first-order valence-electron chi connectivity index (χ1n) is 8.54. The molecule has 140 valence electrons. The van der Waals surface area contributed by atoms with E-state index in [0.717, 1.165) is 32.7 Å². The molecule has 0 radical (unpaired) electrons. The number of hydrogen-bond acceptors (Lipinski definition) is 4. The zero-order valence-corrected chi connectivity index (χ0v) is 16.4. The Labute approximate surface area is 155 Å². The van der Waals surface area contributed by atoms with E-state index in [9.17, 15) is 13.2 Å². The Morgan fingerprint density at radius 1 is 1.24 bits per heavy atom. The number of piperazine rings is 1. The van der Waals surface area contributed by atoms with E-state index in [2.05, 4.69) is 11.8 Å². The van der Waals surface area contributed by atoms with Crippen LogP contribution in [0.1, 0.15) is 19.8 Å². The summed E-state index contributed by atoms with van der Waals surface area (Å²) >= 11 is 5.96. The summed E-state index contributed by atoms with van der Waals surface area (Å²) < 4.78 is 25.5. The molecular formula is C17H26ClN3O3S. The highest BCUT2D eigenvalue weighted by Gasteiger charge is 2.21. The maximum absolute atomic E-state index is 12.3. The first kappa shape index (κ1) is 20.0. The van der Waals surface area contributed by atoms with Gasteiger partial charge >= 0.3 is 0 Å². The summed E-state index contributed by atoms with van der Waals surface area (Å²) in [5.41, 5.74) is 0.527. The number of likely N-dealkylation sites (N-methyl/N-ethyl adjacent to an activating group) is 1. The lowest BCUT2D eigenvalue weighted by Gasteiger charge is -2.34. The molecule has 0 N–H and O–H groups in total. The molecule has 25 heavy (non-hydrogen) atoms. The first-order valence-corrected chi connectivity index (χ1v) is 10.8. The lowest BCUT2D eigenvalue weighted by molar-refractivity contribution is -0.132. The summed E-state index contributed by atoms with van der Waals surface area (Å²) in [6, 6.07) is 6.74. The summed E-state index contributed by atoms with van der Waals surface area (Å²) in [4.78, 5) is 16.5. The average molecular weight is 388 g/mol. The van der Waals surface area contributed by atoms with E-state index >= 15 is 0 Å². The summed E-state index contributed by atoms with van der Waals surface area (Å²) in [5.74, 6) is 0.0929. The van der Waals surface area contributed by atoms with Crippen molar-refractivity contribution in [1.82, 2.24) is 9.80 Å². The van der Waals surface area contributed by atoms with E-state index < -0.39 is 10.0 Å². The highest BCUT2D eigenvalue weighted by Crippen LogP contribution is 2.22. The molecule has 1 aliphatic rings. The predicted molar refractivity (Wildman–Crippen MR) is 102 cm³/mol. The molecule has 1 aromatic carbocycles. The average Bonchev–Trinajstić information content (AvgIpc) is 2.57. The Bertz CT molecular complexity index is 688. The Balaban J connectivity index is 1.90. The maximum Gasteiger partial charge on any atom is 0.232 e. The number of anilines is 1. The fourth-order valence-corrected chi connectivity index (χ4v) is 4.10. The van der Waals surface area contributed by atoms with Crippen molar-refractivity contribution in [3.8, 4) is 0 Å². The SMILES string of the molecule is CCN1CCN(C(=O)CCCN(c2cccc(Cl)c2)S(C)(=O)=O)CC1. The topological polar surface area (TPSA) is 60.9 Å². The van der Waals surface area contributed by atoms with E-state index in [1.807, 2.05) is 4.90 Å². The van der Waals surface area contributed by atoms with Crippen LogP contribution in [-0.4, -0.2) is 69.6 Å². The van der Waals surface area contributed by atoms with Gasteiger partial charge in [-0.1, -0.05) is 24.6 Å². The van der Waals surface area contributed by atoms with Gasteiger partial charge in [-0.25, -0.2) is 8.42 Å². The molecule has 0 unspecified atom stereocenters. The van der Waals surface area contributed by atoms with Crippen LogP contribution in [0.5, 0.6) is 0 Å². The second-order valence-electron chi connectivity index (χ2n) is 6.23. The Kier molecular flexibility index (Phi) is 7.10. The summed E-state index contributed by atoms with van der Waals surface area (Å²) in [7, 11) is -3.43. The Hall–Kier alpha value is -1.31. The minimum absolute atomic E-state index is 0.0929. The number of hydrogen-bond donors (Lipinski definition) is 0. The van der Waals surface area contributed by atoms with E-state index in [-0.39, 0.29) is 12.5 Å². The van der Waals surface area contributed by atoms with Crippen molar-refractivity contribution in [1.29, 1.82) is 0 Å². The Morgan fingerprint density at radius 2 is 1.92 bits per heavy atom. The molecule has 1 aliphatic heterocycles. The molecule has 0 saturated carbocycles. The standard InChI is InChI=1S/C17H26ClN3O3S/c1-3-19-10-12-20(13-11-19)17(22)8-5-9-21(25(2,23)24)16-7-4-6-15(18)14-16/h4,6-7,14H,3,5,8-13H2,1-2H3. The number of benzene rings is 1. The summed E-state index contributed by atoms with van der Waals surface area (Å²) in [5, 5.41) is 0.482. The van der Waals surface area contributed by atoms with Gasteiger partial charge in [0.1, 0.15) is 0 Å². The molecule has 0 spiro atoms. The van der Waals surface area contributed by atoms with Crippen LogP contribution < -0.4 is 4.31 Å². The van der Waals surface area contributed by atoms with Gasteiger partial charge in [-0.05, 0) is 31.2 Å². The first-order chi connectivity index (χ1) is 11.8. The quantitative estimate of drug-likeness (QED) is 0.718. The molecule has 1 saturated heterocycles. The van der Waals surface area contributed by atoms with Crippen LogP contribution in [0.3, 0.4) is 0 Å². The van der Waals surface area contributed by atoms with E-state index in [1.165, 1.54) is 10.6 Å². The number of amides is 1. The van der Waals surface area contributed by atoms with Crippen LogP contribution in [0.25, 0.3) is 0 Å². The van der Waals surface area contributed by atoms with Gasteiger partial charge in [0, 0.05) is 44.2 Å². The largest absolute Gasteiger partial charge is 0.340 e. The fraction of sp³-hybridized carbons (Fsp3) is 0.588. The molecule has 6 nitrogen and oxygen atoms in total. The third-order valence-electron chi connectivity index (χ3n) is 4.42. The number of nitrogens with zero attached hydrogens (tertiary/aromatic N) is 3. The van der Waals surface area contributed by atoms with Crippen molar-refractivity contribution >= 4 is 33.2 Å². The van der Waals surface area contributed by atoms with Crippen LogP contribution in [0, 0.1) is 0 Å². The van der Waals surface area contributed by atoms with Gasteiger partial charge < -0.3 is 9.80 Å². The van der Waals surface area contributed by atoms with Crippen molar-refractivity contribution in [2.24, 2.45) is 0 Å². The lowest BCUT2D eigenvalue weighted by Crippen LogP contribution is -2.48. The fourth-order valence-electron chi connectivity index (χ4n) is 2.96. The molecule has 0 aromatic heterocycles. The van der Waals surface area contributed by atoms with Crippen LogP contribution in [0.15, 0.2) is 24.3 Å². The van der Waals surface area contributed by atoms with Gasteiger partial charge in [0.2, 0.25) is 15.9 Å². The number of rotatable bonds is 7. The molecule has 0 atom stereocenters. The van der Waals surface area contributed by atoms with Crippen molar-refractivity contribution in [2.45, 2.75) is 19.8 Å². The monoisotopic (exact) mass is 387 g/mol. The molecule has 2 rings (SSSR count). The zero-order valence-electron chi connectivity index (χ0n) is 14.8. The van der Waals surface area contributed by atoms with Gasteiger partial charge in [-0.15, -0.1) is 0 Å². The zero-order chi connectivity index (χ0) is 18.4. The molecule has 1 aromatic rings. The van der Waals surface area contributed by atoms with Crippen LogP contribution in [0.2, 0.25) is 5.02 Å². The molecule has 1 heterocycles. The third-order valence-corrected chi connectivity index (χ3v) is 5.85. The van der Waals surface area contributed by atoms with Crippen LogP contribution in [0.4, 0.5) is 5.69 Å². The van der Waals surface area contributed by atoms with Gasteiger partial charge in [0.05, 0.1) is 11.9 Å². The van der Waals surface area contributed by atoms with E-state index in [0.29, 0.717) is 23.6 Å². The van der Waals surface area contributed by atoms with Crippen molar-refractivity contribution in [3.05, 3.63) is 29.3 Å². The Morgan fingerprint density at radius 3 is 2.48 bits per heavy atom. The van der Waals surface area contributed by atoms with Crippen molar-refractivity contribution in [2.75, 3.05) is 49.8 Å². The number of sulfonamides is 1. The van der Waals surface area contributed by atoms with E-state index in [4.69, 9.17) is 11.6 Å². The van der Waals surface area contributed by atoms with Crippen LogP contribution in [-0.2, 0) is 14.8 Å². The molecule has 1 fully saturated rings. The molecule has 0 bridgehead atoms. The second kappa shape index (κ2) is 8.87. The van der Waals surface area contributed by atoms with Crippen LogP contribution >= 0.6 is 11.6 Å². The second-order valence-corrected chi connectivity index (χ2v) is 8.58. The third kappa shape index (κ3) is 5.87. The highest BCUT2D eigenvalue weighted by atomic mass is 35.5. The van der Waals surface area contributed by atoms with Crippen molar-refractivity contribution < 1.29 is 13.2 Å². The maximum atomic E-state index is 12.3. The van der Waals surface area contributed by atoms with Crippen molar-refractivity contribution in [3.63, 3.8) is 0 Å². The smallest absolute Gasteiger partial charge is 0.232 e. The number of carbonyl (C=O) groups excluding carboxylic acids is 1. The molecular weight excluding hydrogens is 362 g/mol. The minimum Gasteiger partial charge on any atom is -0.340 e. The van der Waals surface area contributed by atoms with Gasteiger partial charge in [-0.3, -0.25) is 9.10 Å². The molecule has 1 amide bonds. The predicted octanol–water partition coefficient (Wildman–Crippen LogP) is 2.05. The van der Waals surface area contributed by atoms with Gasteiger partial charge in [0.25, 0.3) is 0 Å².